The molecular weight excluding hydrogens is 569 g/mol. The van der Waals surface area contributed by atoms with Crippen molar-refractivity contribution >= 4 is 27.5 Å². The molecule has 0 aliphatic rings. The van der Waals surface area contributed by atoms with Crippen molar-refractivity contribution in [3.8, 4) is 5.75 Å². The van der Waals surface area contributed by atoms with Gasteiger partial charge in [0.1, 0.15) is 24.2 Å². The van der Waals surface area contributed by atoms with Crippen LogP contribution in [0.3, 0.4) is 0 Å². The van der Waals surface area contributed by atoms with Gasteiger partial charge in [-0.3, -0.25) is 13.9 Å². The Morgan fingerprint density at radius 1 is 0.884 bits per heavy atom. The Morgan fingerprint density at radius 2 is 1.53 bits per heavy atom. The minimum atomic E-state index is -4.31. The number of carbonyl (C=O) groups excluding carboxylic acids is 2. The molecule has 0 aliphatic heterocycles. The Hall–Kier alpha value is -4.70. The third-order valence-electron chi connectivity index (χ3n) is 7.01. The molecule has 10 heteroatoms. The van der Waals surface area contributed by atoms with Crippen molar-refractivity contribution in [2.45, 2.75) is 30.8 Å². The highest BCUT2D eigenvalue weighted by Gasteiger charge is 2.34. The lowest BCUT2D eigenvalue weighted by atomic mass is 10.0. The van der Waals surface area contributed by atoms with Crippen molar-refractivity contribution in [3.63, 3.8) is 0 Å². The number of nitrogens with one attached hydrogen (secondary N) is 1. The topological polar surface area (TPSA) is 96.0 Å². The van der Waals surface area contributed by atoms with Crippen molar-refractivity contribution in [1.82, 2.24) is 10.2 Å². The lowest BCUT2D eigenvalue weighted by Gasteiger charge is -2.33. The monoisotopic (exact) mass is 603 g/mol. The van der Waals surface area contributed by atoms with Crippen LogP contribution in [0.5, 0.6) is 5.75 Å². The van der Waals surface area contributed by atoms with E-state index in [9.17, 15) is 22.4 Å². The molecule has 43 heavy (non-hydrogen) atoms. The number of hydrogen-bond donors (Lipinski definition) is 1. The SMILES string of the molecule is CNC(=O)C(Cc1ccccc1)N(Cc1cccc(OC)c1)C(=O)CN(c1ccc(C)cc1)S(=O)(=O)c1ccc(F)cc1. The van der Waals surface area contributed by atoms with Crippen LogP contribution < -0.4 is 14.4 Å². The fourth-order valence-electron chi connectivity index (χ4n) is 4.66. The largest absolute Gasteiger partial charge is 0.497 e. The molecule has 0 saturated heterocycles. The van der Waals surface area contributed by atoms with Gasteiger partial charge in [-0.15, -0.1) is 0 Å². The Labute approximate surface area is 251 Å². The standard InChI is InChI=1S/C33H34FN3O5S/c1-24-12-16-28(17-13-24)37(43(40,41)30-18-14-27(34)15-19-30)23-32(38)36(22-26-10-7-11-29(20-26)42-3)31(33(39)35-2)21-25-8-5-4-6-9-25/h4-20,31H,21-23H2,1-3H3,(H,35,39). The molecule has 1 unspecified atom stereocenters. The van der Waals surface area contributed by atoms with Gasteiger partial charge in [0.15, 0.2) is 0 Å². The van der Waals surface area contributed by atoms with Gasteiger partial charge < -0.3 is 15.0 Å². The minimum Gasteiger partial charge on any atom is -0.497 e. The van der Waals surface area contributed by atoms with E-state index in [-0.39, 0.29) is 23.5 Å². The van der Waals surface area contributed by atoms with Gasteiger partial charge in [0.05, 0.1) is 17.7 Å². The van der Waals surface area contributed by atoms with Crippen LogP contribution in [0.2, 0.25) is 0 Å². The molecule has 0 bridgehead atoms. The van der Waals surface area contributed by atoms with Crippen LogP contribution in [-0.4, -0.2) is 51.9 Å². The van der Waals surface area contributed by atoms with Gasteiger partial charge in [-0.1, -0.05) is 60.2 Å². The van der Waals surface area contributed by atoms with Crippen LogP contribution >= 0.6 is 0 Å². The summed E-state index contributed by atoms with van der Waals surface area (Å²) in [5.41, 5.74) is 2.67. The minimum absolute atomic E-state index is 0.0132. The molecule has 1 N–H and O–H groups in total. The molecule has 0 aromatic heterocycles. The zero-order valence-electron chi connectivity index (χ0n) is 24.2. The maximum atomic E-state index is 14.3. The second-order valence-electron chi connectivity index (χ2n) is 9.99. The van der Waals surface area contributed by atoms with Crippen molar-refractivity contribution in [3.05, 3.63) is 126 Å². The van der Waals surface area contributed by atoms with Gasteiger partial charge in [0.2, 0.25) is 11.8 Å². The number of aryl methyl sites for hydroxylation is 1. The summed E-state index contributed by atoms with van der Waals surface area (Å²) in [5.74, 6) is -1.01. The van der Waals surface area contributed by atoms with E-state index in [1.807, 2.05) is 37.3 Å². The summed E-state index contributed by atoms with van der Waals surface area (Å²) in [6.07, 6.45) is 0.200. The number of methoxy groups -OCH3 is 1. The molecule has 0 aliphatic carbocycles. The van der Waals surface area contributed by atoms with E-state index in [0.717, 1.165) is 39.7 Å². The van der Waals surface area contributed by atoms with Crippen LogP contribution in [0.25, 0.3) is 0 Å². The van der Waals surface area contributed by atoms with Gasteiger partial charge in [-0.2, -0.15) is 0 Å². The second-order valence-corrected chi connectivity index (χ2v) is 11.9. The van der Waals surface area contributed by atoms with Crippen LogP contribution in [0.4, 0.5) is 10.1 Å². The number of benzene rings is 4. The van der Waals surface area contributed by atoms with Crippen LogP contribution in [0, 0.1) is 12.7 Å². The molecule has 1 atom stereocenters. The lowest BCUT2D eigenvalue weighted by molar-refractivity contribution is -0.139. The van der Waals surface area contributed by atoms with Gasteiger partial charge in [0.25, 0.3) is 10.0 Å². The van der Waals surface area contributed by atoms with Gasteiger partial charge in [-0.25, -0.2) is 12.8 Å². The number of sulfonamides is 1. The smallest absolute Gasteiger partial charge is 0.264 e. The lowest BCUT2D eigenvalue weighted by Crippen LogP contribution is -2.53. The number of halogens is 1. The highest BCUT2D eigenvalue weighted by molar-refractivity contribution is 7.92. The highest BCUT2D eigenvalue weighted by Crippen LogP contribution is 2.26. The fourth-order valence-corrected chi connectivity index (χ4v) is 6.08. The first-order chi connectivity index (χ1) is 20.6. The van der Waals surface area contributed by atoms with Crippen molar-refractivity contribution in [2.24, 2.45) is 0 Å². The summed E-state index contributed by atoms with van der Waals surface area (Å²) in [7, 11) is -1.28. The van der Waals surface area contributed by atoms with Crippen LogP contribution in [0.15, 0.2) is 108 Å². The first kappa shape index (κ1) is 31.2. The molecule has 0 spiro atoms. The Kier molecular flexibility index (Phi) is 10.2. The number of ether oxygens (including phenoxy) is 1. The van der Waals surface area contributed by atoms with E-state index in [1.54, 1.807) is 48.5 Å². The number of likely N-dealkylation sites (N-methyl/N-ethyl adjacent to an activating group) is 1. The molecule has 0 heterocycles. The number of carbonyl (C=O) groups is 2. The molecular formula is C33H34FN3O5S. The number of nitrogens with zero attached hydrogens (tertiary/aromatic N) is 2. The summed E-state index contributed by atoms with van der Waals surface area (Å²) in [6.45, 7) is 1.27. The third kappa shape index (κ3) is 7.78. The Bertz CT molecular complexity index is 1650. The van der Waals surface area contributed by atoms with E-state index in [4.69, 9.17) is 4.74 Å². The van der Waals surface area contributed by atoms with Crippen molar-refractivity contribution in [2.75, 3.05) is 25.0 Å². The summed E-state index contributed by atoms with van der Waals surface area (Å²) >= 11 is 0. The molecule has 4 aromatic rings. The zero-order valence-corrected chi connectivity index (χ0v) is 25.1. The average molecular weight is 604 g/mol. The van der Waals surface area contributed by atoms with Gasteiger partial charge >= 0.3 is 0 Å². The van der Waals surface area contributed by atoms with Crippen LogP contribution in [0.1, 0.15) is 16.7 Å². The Balaban J connectivity index is 1.79. The molecule has 2 amide bonds. The maximum absolute atomic E-state index is 14.3. The van der Waals surface area contributed by atoms with E-state index in [0.29, 0.717) is 11.3 Å². The quantitative estimate of drug-likeness (QED) is 0.253. The number of hydrogen-bond acceptors (Lipinski definition) is 5. The molecule has 224 valence electrons. The highest BCUT2D eigenvalue weighted by atomic mass is 32.2. The maximum Gasteiger partial charge on any atom is 0.264 e. The molecule has 0 fully saturated rings. The van der Waals surface area contributed by atoms with Gasteiger partial charge in [0, 0.05) is 20.0 Å². The summed E-state index contributed by atoms with van der Waals surface area (Å²) in [6, 6.07) is 26.6. The predicted octanol–water partition coefficient (Wildman–Crippen LogP) is 4.72. The first-order valence-electron chi connectivity index (χ1n) is 13.6. The van der Waals surface area contributed by atoms with Crippen molar-refractivity contribution < 1.29 is 27.1 Å². The number of rotatable bonds is 12. The molecule has 8 nitrogen and oxygen atoms in total. The van der Waals surface area contributed by atoms with E-state index >= 15 is 0 Å². The average Bonchev–Trinajstić information content (AvgIpc) is 3.02. The molecule has 0 radical (unpaired) electrons. The predicted molar refractivity (Wildman–Crippen MR) is 164 cm³/mol. The second kappa shape index (κ2) is 14.0. The summed E-state index contributed by atoms with van der Waals surface area (Å²) < 4.78 is 47.9. The van der Waals surface area contributed by atoms with Gasteiger partial charge in [-0.05, 0) is 66.6 Å². The normalized spacial score (nSPS) is 11.8. The third-order valence-corrected chi connectivity index (χ3v) is 8.80. The molecule has 4 rings (SSSR count). The molecule has 4 aromatic carbocycles. The summed E-state index contributed by atoms with van der Waals surface area (Å²) in [4.78, 5) is 28.8. The van der Waals surface area contributed by atoms with Crippen molar-refractivity contribution in [1.29, 1.82) is 0 Å². The van der Waals surface area contributed by atoms with E-state index < -0.39 is 40.2 Å². The Morgan fingerprint density at radius 3 is 2.16 bits per heavy atom. The zero-order chi connectivity index (χ0) is 31.0. The summed E-state index contributed by atoms with van der Waals surface area (Å²) in [5, 5.41) is 2.66. The van der Waals surface area contributed by atoms with Crippen LogP contribution in [-0.2, 0) is 32.6 Å². The van der Waals surface area contributed by atoms with E-state index in [2.05, 4.69) is 5.32 Å². The number of amides is 2. The van der Waals surface area contributed by atoms with E-state index in [1.165, 1.54) is 19.1 Å². The number of anilines is 1. The molecule has 0 saturated carbocycles. The first-order valence-corrected chi connectivity index (χ1v) is 15.1. The fraction of sp³-hybridized carbons (Fsp3) is 0.212.